The standard InChI is InChI=1S/C15H18F5NO4/c1-5-23-11-9(13(16)17)21-12(15(18,19)20)8(14(22)24-6-2)10(11)25-7(3)4/h7,13H,5-6H2,1-4H3. The molecule has 0 fully saturated rings. The van der Waals surface area contributed by atoms with Gasteiger partial charge in [-0.1, -0.05) is 0 Å². The van der Waals surface area contributed by atoms with Gasteiger partial charge in [-0.25, -0.2) is 18.6 Å². The summed E-state index contributed by atoms with van der Waals surface area (Å²) >= 11 is 0. The molecule has 1 heterocycles. The first kappa shape index (κ1) is 20.9. The number of hydrogen-bond donors (Lipinski definition) is 0. The molecular weight excluding hydrogens is 353 g/mol. The van der Waals surface area contributed by atoms with Crippen molar-refractivity contribution in [2.24, 2.45) is 0 Å². The van der Waals surface area contributed by atoms with Crippen molar-refractivity contribution in [1.82, 2.24) is 4.98 Å². The van der Waals surface area contributed by atoms with Gasteiger partial charge in [-0.05, 0) is 27.7 Å². The topological polar surface area (TPSA) is 57.7 Å². The van der Waals surface area contributed by atoms with E-state index in [0.717, 1.165) is 0 Å². The van der Waals surface area contributed by atoms with Crippen LogP contribution in [0.25, 0.3) is 0 Å². The first-order valence-corrected chi connectivity index (χ1v) is 7.44. The molecule has 0 atom stereocenters. The summed E-state index contributed by atoms with van der Waals surface area (Å²) < 4.78 is 81.3. The molecule has 1 aromatic rings. The van der Waals surface area contributed by atoms with E-state index in [1.807, 2.05) is 0 Å². The zero-order chi connectivity index (χ0) is 19.4. The summed E-state index contributed by atoms with van der Waals surface area (Å²) in [6.45, 7) is 5.37. The third-order valence-electron chi connectivity index (χ3n) is 2.73. The van der Waals surface area contributed by atoms with Crippen LogP contribution >= 0.6 is 0 Å². The highest BCUT2D eigenvalue weighted by molar-refractivity contribution is 5.95. The maximum atomic E-state index is 13.3. The number of ether oxygens (including phenoxy) is 3. The molecule has 10 heteroatoms. The molecule has 0 aliphatic carbocycles. The van der Waals surface area contributed by atoms with Crippen LogP contribution in [0.1, 0.15) is 55.9 Å². The van der Waals surface area contributed by atoms with Crippen LogP contribution in [-0.4, -0.2) is 30.3 Å². The highest BCUT2D eigenvalue weighted by atomic mass is 19.4. The third kappa shape index (κ3) is 4.93. The Bertz CT molecular complexity index is 617. The SMILES string of the molecule is CCOC(=O)c1c(C(F)(F)F)nc(C(F)F)c(OCC)c1OC(C)C. The number of carbonyl (C=O) groups excluding carboxylic acids is 1. The third-order valence-corrected chi connectivity index (χ3v) is 2.73. The summed E-state index contributed by atoms with van der Waals surface area (Å²) in [7, 11) is 0. The highest BCUT2D eigenvalue weighted by Crippen LogP contribution is 2.45. The van der Waals surface area contributed by atoms with Gasteiger partial charge in [0.05, 0.1) is 19.3 Å². The molecule has 0 saturated heterocycles. The normalized spacial score (nSPS) is 11.8. The molecule has 25 heavy (non-hydrogen) atoms. The fraction of sp³-hybridized carbons (Fsp3) is 0.600. The number of hydrogen-bond acceptors (Lipinski definition) is 5. The van der Waals surface area contributed by atoms with Crippen LogP contribution in [0, 0.1) is 0 Å². The van der Waals surface area contributed by atoms with Crippen molar-refractivity contribution >= 4 is 5.97 Å². The number of nitrogens with zero attached hydrogens (tertiary/aromatic N) is 1. The van der Waals surface area contributed by atoms with Gasteiger partial charge in [-0.2, -0.15) is 13.2 Å². The Hall–Kier alpha value is -2.13. The van der Waals surface area contributed by atoms with Gasteiger partial charge in [0.15, 0.2) is 22.9 Å². The average molecular weight is 371 g/mol. The molecule has 142 valence electrons. The Balaban J connectivity index is 3.89. The lowest BCUT2D eigenvalue weighted by Crippen LogP contribution is -2.22. The molecule has 0 aliphatic heterocycles. The average Bonchev–Trinajstić information content (AvgIpc) is 2.46. The zero-order valence-corrected chi connectivity index (χ0v) is 14.0. The molecule has 0 radical (unpaired) electrons. The minimum absolute atomic E-state index is 0.149. The van der Waals surface area contributed by atoms with E-state index in [-0.39, 0.29) is 13.2 Å². The molecule has 0 saturated carbocycles. The fourth-order valence-corrected chi connectivity index (χ4v) is 1.94. The first-order chi connectivity index (χ1) is 11.5. The van der Waals surface area contributed by atoms with Crippen molar-refractivity contribution in [3.63, 3.8) is 0 Å². The summed E-state index contributed by atoms with van der Waals surface area (Å²) in [5.41, 5.74) is -4.14. The maximum absolute atomic E-state index is 13.3. The zero-order valence-electron chi connectivity index (χ0n) is 14.0. The molecule has 0 spiro atoms. The second kappa shape index (κ2) is 8.30. The van der Waals surface area contributed by atoms with Crippen molar-refractivity contribution in [2.45, 2.75) is 46.4 Å². The Labute approximate surface area is 141 Å². The van der Waals surface area contributed by atoms with E-state index in [2.05, 4.69) is 9.72 Å². The molecule has 1 aromatic heterocycles. The van der Waals surface area contributed by atoms with Crippen LogP contribution < -0.4 is 9.47 Å². The number of rotatable bonds is 7. The Morgan fingerprint density at radius 2 is 1.72 bits per heavy atom. The van der Waals surface area contributed by atoms with Gasteiger partial charge in [0.25, 0.3) is 6.43 Å². The Morgan fingerprint density at radius 3 is 2.12 bits per heavy atom. The van der Waals surface area contributed by atoms with Gasteiger partial charge in [0, 0.05) is 0 Å². The van der Waals surface area contributed by atoms with Crippen LogP contribution in [-0.2, 0) is 10.9 Å². The second-order valence-electron chi connectivity index (χ2n) is 5.00. The predicted octanol–water partition coefficient (Wildman–Crippen LogP) is 4.40. The van der Waals surface area contributed by atoms with E-state index < -0.39 is 53.1 Å². The van der Waals surface area contributed by atoms with Crippen LogP contribution in [0.15, 0.2) is 0 Å². The van der Waals surface area contributed by atoms with Crippen molar-refractivity contribution in [3.8, 4) is 11.5 Å². The lowest BCUT2D eigenvalue weighted by molar-refractivity contribution is -0.142. The lowest BCUT2D eigenvalue weighted by Gasteiger charge is -2.22. The number of aromatic nitrogens is 1. The van der Waals surface area contributed by atoms with E-state index in [1.165, 1.54) is 27.7 Å². The summed E-state index contributed by atoms with van der Waals surface area (Å²) in [6, 6.07) is 0. The molecule has 0 unspecified atom stereocenters. The van der Waals surface area contributed by atoms with Gasteiger partial charge in [0.1, 0.15) is 5.56 Å². The fourth-order valence-electron chi connectivity index (χ4n) is 1.94. The Morgan fingerprint density at radius 1 is 1.12 bits per heavy atom. The van der Waals surface area contributed by atoms with Crippen molar-refractivity contribution in [3.05, 3.63) is 17.0 Å². The number of halogens is 5. The van der Waals surface area contributed by atoms with Gasteiger partial charge < -0.3 is 14.2 Å². The summed E-state index contributed by atoms with van der Waals surface area (Å²) in [6.07, 6.45) is -9.26. The predicted molar refractivity (Wildman–Crippen MR) is 77.1 cm³/mol. The van der Waals surface area contributed by atoms with Crippen LogP contribution in [0.2, 0.25) is 0 Å². The van der Waals surface area contributed by atoms with Crippen molar-refractivity contribution in [1.29, 1.82) is 0 Å². The van der Waals surface area contributed by atoms with Crippen LogP contribution in [0.5, 0.6) is 11.5 Å². The largest absolute Gasteiger partial charge is 0.488 e. The highest BCUT2D eigenvalue weighted by Gasteiger charge is 2.43. The number of pyridine rings is 1. The summed E-state index contributed by atoms with van der Waals surface area (Å²) in [5, 5.41) is 0. The maximum Gasteiger partial charge on any atom is 0.434 e. The smallest absolute Gasteiger partial charge is 0.434 e. The number of esters is 1. The first-order valence-electron chi connectivity index (χ1n) is 7.44. The minimum atomic E-state index is -5.18. The van der Waals surface area contributed by atoms with Crippen LogP contribution in [0.3, 0.4) is 0 Å². The second-order valence-corrected chi connectivity index (χ2v) is 5.00. The van der Waals surface area contributed by atoms with Crippen molar-refractivity contribution < 1.29 is 41.0 Å². The molecule has 5 nitrogen and oxygen atoms in total. The molecule has 0 aliphatic rings. The summed E-state index contributed by atoms with van der Waals surface area (Å²) in [4.78, 5) is 15.0. The van der Waals surface area contributed by atoms with Gasteiger partial charge in [-0.15, -0.1) is 0 Å². The molecule has 0 bridgehead atoms. The molecule has 0 N–H and O–H groups in total. The minimum Gasteiger partial charge on any atom is -0.488 e. The molecule has 1 rings (SSSR count). The van der Waals surface area contributed by atoms with Crippen molar-refractivity contribution in [2.75, 3.05) is 13.2 Å². The van der Waals surface area contributed by atoms with E-state index in [4.69, 9.17) is 9.47 Å². The quantitative estimate of drug-likeness (QED) is 0.525. The summed E-state index contributed by atoms with van der Waals surface area (Å²) in [5.74, 6) is -2.85. The lowest BCUT2D eigenvalue weighted by atomic mass is 10.1. The van der Waals surface area contributed by atoms with E-state index in [1.54, 1.807) is 0 Å². The van der Waals surface area contributed by atoms with Gasteiger partial charge in [-0.3, -0.25) is 0 Å². The number of carbonyl (C=O) groups is 1. The van der Waals surface area contributed by atoms with E-state index in [9.17, 15) is 26.7 Å². The van der Waals surface area contributed by atoms with Crippen LogP contribution in [0.4, 0.5) is 22.0 Å². The Kier molecular flexibility index (Phi) is 6.95. The van der Waals surface area contributed by atoms with Gasteiger partial charge in [0.2, 0.25) is 0 Å². The number of alkyl halides is 5. The monoisotopic (exact) mass is 371 g/mol. The van der Waals surface area contributed by atoms with E-state index >= 15 is 0 Å². The van der Waals surface area contributed by atoms with Gasteiger partial charge >= 0.3 is 12.1 Å². The molecule has 0 amide bonds. The molecular formula is C15H18F5NO4. The molecule has 0 aromatic carbocycles. The van der Waals surface area contributed by atoms with E-state index in [0.29, 0.717) is 0 Å².